The SMILES string of the molecule is COc1ccc(-c2ccc(C(C)NC(=O)c3ccc(-c4nc(C)cc(Nc5c[nH]c(C)n5)n4)cn3)cn2)cn1. The number of carbonyl (C=O) groups is 1. The molecule has 0 aliphatic rings. The van der Waals surface area contributed by atoms with Crippen LogP contribution in [-0.4, -0.2) is 47.9 Å². The number of ether oxygens (including phenoxy) is 1. The molecule has 0 spiro atoms. The number of pyridine rings is 3. The third-order valence-corrected chi connectivity index (χ3v) is 5.95. The fraction of sp³-hybridized carbons (Fsp3) is 0.179. The van der Waals surface area contributed by atoms with Crippen LogP contribution in [-0.2, 0) is 0 Å². The molecular weight excluding hydrogens is 494 g/mol. The molecule has 0 aliphatic carbocycles. The first-order chi connectivity index (χ1) is 18.9. The fourth-order valence-corrected chi connectivity index (χ4v) is 3.87. The Morgan fingerprint density at radius 1 is 0.897 bits per heavy atom. The molecular formula is C28H27N9O2. The molecule has 5 heterocycles. The standard InChI is InChI=1S/C28H27N9O2/c1-16-11-24(36-25-15-29-18(3)35-25)37-27(33-16)21-6-9-23(31-14-21)28(38)34-17(2)19-5-8-22(30-12-19)20-7-10-26(39-4)32-13-20/h5-15,17H,1-4H3,(H,29,35)(H,34,38)(H,33,36,37). The van der Waals surface area contributed by atoms with Gasteiger partial charge in [0.05, 0.1) is 18.8 Å². The van der Waals surface area contributed by atoms with E-state index in [0.717, 1.165) is 28.3 Å². The van der Waals surface area contributed by atoms with Gasteiger partial charge in [0.2, 0.25) is 5.88 Å². The molecule has 11 nitrogen and oxygen atoms in total. The van der Waals surface area contributed by atoms with Gasteiger partial charge in [0.1, 0.15) is 23.2 Å². The smallest absolute Gasteiger partial charge is 0.270 e. The molecule has 0 radical (unpaired) electrons. The number of aromatic amines is 1. The topological polar surface area (TPSA) is 143 Å². The molecule has 0 aliphatic heterocycles. The zero-order valence-electron chi connectivity index (χ0n) is 21.9. The van der Waals surface area contributed by atoms with Gasteiger partial charge in [-0.05, 0) is 50.6 Å². The van der Waals surface area contributed by atoms with E-state index in [4.69, 9.17) is 4.74 Å². The van der Waals surface area contributed by atoms with Crippen LogP contribution < -0.4 is 15.4 Å². The van der Waals surface area contributed by atoms with Crippen LogP contribution >= 0.6 is 0 Å². The number of nitrogens with zero attached hydrogens (tertiary/aromatic N) is 6. The average Bonchev–Trinajstić information content (AvgIpc) is 3.37. The first-order valence-corrected chi connectivity index (χ1v) is 12.3. The van der Waals surface area contributed by atoms with E-state index in [1.54, 1.807) is 50.1 Å². The summed E-state index contributed by atoms with van der Waals surface area (Å²) in [6.07, 6.45) is 6.81. The highest BCUT2D eigenvalue weighted by molar-refractivity contribution is 5.92. The maximum atomic E-state index is 12.9. The number of hydrogen-bond acceptors (Lipinski definition) is 9. The van der Waals surface area contributed by atoms with Crippen molar-refractivity contribution < 1.29 is 9.53 Å². The van der Waals surface area contributed by atoms with Crippen LogP contribution in [0.15, 0.2) is 67.3 Å². The first-order valence-electron chi connectivity index (χ1n) is 12.3. The third kappa shape index (κ3) is 6.04. The lowest BCUT2D eigenvalue weighted by Crippen LogP contribution is -2.27. The normalized spacial score (nSPS) is 11.6. The van der Waals surface area contributed by atoms with Crippen molar-refractivity contribution >= 4 is 17.5 Å². The first kappa shape index (κ1) is 25.5. The minimum atomic E-state index is -0.293. The van der Waals surface area contributed by atoms with Crippen molar-refractivity contribution in [2.24, 2.45) is 0 Å². The summed E-state index contributed by atoms with van der Waals surface area (Å²) < 4.78 is 5.10. The largest absolute Gasteiger partial charge is 0.481 e. The molecule has 1 atom stereocenters. The molecule has 3 N–H and O–H groups in total. The van der Waals surface area contributed by atoms with E-state index < -0.39 is 0 Å². The van der Waals surface area contributed by atoms with Gasteiger partial charge in [0.25, 0.3) is 5.91 Å². The molecule has 0 aromatic carbocycles. The Morgan fingerprint density at radius 2 is 1.72 bits per heavy atom. The fourth-order valence-electron chi connectivity index (χ4n) is 3.87. The van der Waals surface area contributed by atoms with Crippen molar-refractivity contribution in [3.63, 3.8) is 0 Å². The van der Waals surface area contributed by atoms with E-state index in [2.05, 4.69) is 45.5 Å². The lowest BCUT2D eigenvalue weighted by molar-refractivity contribution is 0.0935. The summed E-state index contributed by atoms with van der Waals surface area (Å²) in [5, 5.41) is 6.14. The van der Waals surface area contributed by atoms with Crippen LogP contribution in [0.25, 0.3) is 22.6 Å². The van der Waals surface area contributed by atoms with Crippen LogP contribution in [0.3, 0.4) is 0 Å². The summed E-state index contributed by atoms with van der Waals surface area (Å²) in [5.41, 5.74) is 4.29. The maximum absolute atomic E-state index is 12.9. The second-order valence-electron chi connectivity index (χ2n) is 8.91. The second kappa shape index (κ2) is 11.1. The number of amides is 1. The van der Waals surface area contributed by atoms with Crippen LogP contribution in [0.5, 0.6) is 5.88 Å². The molecule has 1 unspecified atom stereocenters. The van der Waals surface area contributed by atoms with Crippen LogP contribution in [0.2, 0.25) is 0 Å². The predicted octanol–water partition coefficient (Wildman–Crippen LogP) is 4.58. The Balaban J connectivity index is 1.24. The number of H-pyrrole nitrogens is 1. The summed E-state index contributed by atoms with van der Waals surface area (Å²) in [7, 11) is 1.57. The minimum Gasteiger partial charge on any atom is -0.481 e. The lowest BCUT2D eigenvalue weighted by atomic mass is 10.1. The van der Waals surface area contributed by atoms with Gasteiger partial charge in [-0.3, -0.25) is 14.8 Å². The Hall–Kier alpha value is -5.19. The van der Waals surface area contributed by atoms with Crippen molar-refractivity contribution in [1.29, 1.82) is 0 Å². The van der Waals surface area contributed by atoms with Gasteiger partial charge < -0.3 is 20.4 Å². The number of rotatable bonds is 8. The molecule has 39 heavy (non-hydrogen) atoms. The zero-order valence-corrected chi connectivity index (χ0v) is 21.9. The average molecular weight is 522 g/mol. The molecule has 11 heteroatoms. The van der Waals surface area contributed by atoms with E-state index in [9.17, 15) is 4.79 Å². The van der Waals surface area contributed by atoms with E-state index in [0.29, 0.717) is 28.9 Å². The second-order valence-corrected chi connectivity index (χ2v) is 8.91. The van der Waals surface area contributed by atoms with Gasteiger partial charge in [-0.2, -0.15) is 0 Å². The molecule has 5 aromatic rings. The Morgan fingerprint density at radius 3 is 2.36 bits per heavy atom. The number of nitrogens with one attached hydrogen (secondary N) is 3. The van der Waals surface area contributed by atoms with E-state index in [1.807, 2.05) is 45.0 Å². The molecule has 0 bridgehead atoms. The van der Waals surface area contributed by atoms with Crippen molar-refractivity contribution in [1.82, 2.24) is 40.2 Å². The number of aryl methyl sites for hydroxylation is 2. The minimum absolute atomic E-state index is 0.270. The monoisotopic (exact) mass is 521 g/mol. The predicted molar refractivity (Wildman–Crippen MR) is 147 cm³/mol. The molecule has 5 rings (SSSR count). The quantitative estimate of drug-likeness (QED) is 0.267. The maximum Gasteiger partial charge on any atom is 0.270 e. The van der Waals surface area contributed by atoms with Gasteiger partial charge in [0, 0.05) is 53.7 Å². The van der Waals surface area contributed by atoms with Crippen molar-refractivity contribution in [2.45, 2.75) is 26.8 Å². The zero-order chi connectivity index (χ0) is 27.4. The molecule has 0 fully saturated rings. The van der Waals surface area contributed by atoms with Crippen molar-refractivity contribution in [3.05, 3.63) is 90.0 Å². The molecule has 0 saturated heterocycles. The number of carbonyl (C=O) groups excluding carboxylic acids is 1. The van der Waals surface area contributed by atoms with Gasteiger partial charge in [0.15, 0.2) is 5.82 Å². The Kier molecular flexibility index (Phi) is 7.21. The van der Waals surface area contributed by atoms with E-state index in [1.165, 1.54) is 0 Å². The summed E-state index contributed by atoms with van der Waals surface area (Å²) in [6, 6.07) is 12.5. The third-order valence-electron chi connectivity index (χ3n) is 5.95. The van der Waals surface area contributed by atoms with Crippen LogP contribution in [0.1, 0.15) is 40.5 Å². The van der Waals surface area contributed by atoms with E-state index in [-0.39, 0.29) is 17.6 Å². The molecule has 196 valence electrons. The van der Waals surface area contributed by atoms with Gasteiger partial charge >= 0.3 is 0 Å². The van der Waals surface area contributed by atoms with Crippen LogP contribution in [0.4, 0.5) is 11.6 Å². The highest BCUT2D eigenvalue weighted by Crippen LogP contribution is 2.22. The highest BCUT2D eigenvalue weighted by atomic mass is 16.5. The van der Waals surface area contributed by atoms with E-state index >= 15 is 0 Å². The van der Waals surface area contributed by atoms with Gasteiger partial charge in [-0.15, -0.1) is 0 Å². The summed E-state index contributed by atoms with van der Waals surface area (Å²) >= 11 is 0. The van der Waals surface area contributed by atoms with Crippen LogP contribution in [0, 0.1) is 13.8 Å². The number of hydrogen-bond donors (Lipinski definition) is 3. The number of methoxy groups -OCH3 is 1. The number of aromatic nitrogens is 7. The summed E-state index contributed by atoms with van der Waals surface area (Å²) in [6.45, 7) is 5.66. The van der Waals surface area contributed by atoms with Gasteiger partial charge in [-0.25, -0.2) is 19.9 Å². The number of imidazole rings is 1. The molecule has 0 saturated carbocycles. The van der Waals surface area contributed by atoms with Crippen molar-refractivity contribution in [2.75, 3.05) is 12.4 Å². The highest BCUT2D eigenvalue weighted by Gasteiger charge is 2.15. The molecule has 5 aromatic heterocycles. The number of anilines is 2. The van der Waals surface area contributed by atoms with Gasteiger partial charge in [-0.1, -0.05) is 6.07 Å². The van der Waals surface area contributed by atoms with Crippen molar-refractivity contribution in [3.8, 4) is 28.5 Å². The summed E-state index contributed by atoms with van der Waals surface area (Å²) in [5.74, 6) is 2.83. The Labute approximate surface area is 225 Å². The lowest BCUT2D eigenvalue weighted by Gasteiger charge is -2.14. The summed E-state index contributed by atoms with van der Waals surface area (Å²) in [4.78, 5) is 42.4. The molecule has 1 amide bonds. The Bertz CT molecular complexity index is 1580.